The summed E-state index contributed by atoms with van der Waals surface area (Å²) >= 11 is 1.37. The molecule has 2 heterocycles. The molecule has 9 heteroatoms. The average Bonchev–Trinajstić information content (AvgIpc) is 3.28. The predicted molar refractivity (Wildman–Crippen MR) is 103 cm³/mol. The predicted octanol–water partition coefficient (Wildman–Crippen LogP) is 2.50. The van der Waals surface area contributed by atoms with E-state index in [1.54, 1.807) is 30.2 Å². The number of carbonyl (C=O) groups is 2. The molecule has 144 valence electrons. The van der Waals surface area contributed by atoms with Crippen LogP contribution in [0.25, 0.3) is 0 Å². The molecule has 1 saturated heterocycles. The van der Waals surface area contributed by atoms with Gasteiger partial charge >= 0.3 is 0 Å². The third-order valence-corrected chi connectivity index (χ3v) is 5.23. The molecule has 2 amide bonds. The summed E-state index contributed by atoms with van der Waals surface area (Å²) in [5, 5.41) is 12.2. The smallest absolute Gasteiger partial charge is 0.231 e. The Morgan fingerprint density at radius 3 is 2.85 bits per heavy atom. The quantitative estimate of drug-likeness (QED) is 0.781. The summed E-state index contributed by atoms with van der Waals surface area (Å²) in [6.07, 6.45) is 1.94. The number of hydrogen-bond acceptors (Lipinski definition) is 7. The van der Waals surface area contributed by atoms with Gasteiger partial charge in [-0.25, -0.2) is 0 Å². The van der Waals surface area contributed by atoms with Gasteiger partial charge in [0.2, 0.25) is 16.9 Å². The lowest BCUT2D eigenvalue weighted by Gasteiger charge is -2.20. The number of nitrogens with one attached hydrogen (secondary N) is 1. The van der Waals surface area contributed by atoms with Gasteiger partial charge < -0.3 is 19.7 Å². The second-order valence-electron chi connectivity index (χ2n) is 6.18. The Labute approximate surface area is 161 Å². The summed E-state index contributed by atoms with van der Waals surface area (Å²) in [5.74, 6) is 0.357. The van der Waals surface area contributed by atoms with Crippen LogP contribution in [-0.4, -0.2) is 42.8 Å². The van der Waals surface area contributed by atoms with Crippen molar-refractivity contribution in [2.75, 3.05) is 31.0 Å². The Morgan fingerprint density at radius 1 is 1.33 bits per heavy atom. The van der Waals surface area contributed by atoms with Crippen LogP contribution in [0.3, 0.4) is 0 Å². The van der Waals surface area contributed by atoms with Crippen LogP contribution in [0.2, 0.25) is 0 Å². The van der Waals surface area contributed by atoms with Crippen LogP contribution in [-0.2, 0) is 16.0 Å². The number of amides is 2. The van der Waals surface area contributed by atoms with Crippen molar-refractivity contribution in [2.24, 2.45) is 5.92 Å². The third-order valence-electron chi connectivity index (χ3n) is 4.33. The first kappa shape index (κ1) is 19.1. The Hall–Kier alpha value is -2.68. The van der Waals surface area contributed by atoms with Crippen molar-refractivity contribution in [1.29, 1.82) is 0 Å². The van der Waals surface area contributed by atoms with E-state index < -0.39 is 5.92 Å². The lowest BCUT2D eigenvalue weighted by molar-refractivity contribution is -0.122. The normalized spacial score (nSPS) is 16.5. The molecular formula is C18H22N4O4S. The van der Waals surface area contributed by atoms with Crippen LogP contribution in [0.5, 0.6) is 11.5 Å². The lowest BCUT2D eigenvalue weighted by atomic mass is 10.1. The molecule has 3 rings (SSSR count). The standard InChI is InChI=1S/C18H22N4O4S/c1-4-5-15-20-21-18(27-15)19-17(24)11-8-16(23)22(10-11)13-7-6-12(25-2)9-14(13)26-3/h6-7,9,11H,4-5,8,10H2,1-3H3,(H,19,21,24)/t11-/m1/s1. The average molecular weight is 390 g/mol. The monoisotopic (exact) mass is 390 g/mol. The second-order valence-corrected chi connectivity index (χ2v) is 7.25. The van der Waals surface area contributed by atoms with Gasteiger partial charge in [0.1, 0.15) is 16.5 Å². The molecule has 1 fully saturated rings. The van der Waals surface area contributed by atoms with Gasteiger partial charge in [-0.3, -0.25) is 9.59 Å². The maximum Gasteiger partial charge on any atom is 0.231 e. The van der Waals surface area contributed by atoms with Crippen LogP contribution in [0.4, 0.5) is 10.8 Å². The molecule has 1 N–H and O–H groups in total. The molecule has 0 spiro atoms. The summed E-state index contributed by atoms with van der Waals surface area (Å²) in [6, 6.07) is 5.24. The van der Waals surface area contributed by atoms with Gasteiger partial charge in [0.25, 0.3) is 0 Å². The van der Waals surface area contributed by atoms with Crippen LogP contribution in [0.15, 0.2) is 18.2 Å². The topological polar surface area (TPSA) is 93.7 Å². The molecular weight excluding hydrogens is 368 g/mol. The number of carbonyl (C=O) groups excluding carboxylic acids is 2. The first-order chi connectivity index (χ1) is 13.0. The maximum absolute atomic E-state index is 12.6. The fraction of sp³-hybridized carbons (Fsp3) is 0.444. The Morgan fingerprint density at radius 2 is 2.15 bits per heavy atom. The van der Waals surface area contributed by atoms with Gasteiger partial charge in [0.05, 0.1) is 25.8 Å². The first-order valence-corrected chi connectivity index (χ1v) is 9.53. The van der Waals surface area contributed by atoms with Crippen molar-refractivity contribution in [3.05, 3.63) is 23.2 Å². The highest BCUT2D eigenvalue weighted by Crippen LogP contribution is 2.36. The molecule has 1 aliphatic rings. The van der Waals surface area contributed by atoms with Crippen molar-refractivity contribution in [2.45, 2.75) is 26.2 Å². The highest BCUT2D eigenvalue weighted by molar-refractivity contribution is 7.15. The van der Waals surface area contributed by atoms with Crippen molar-refractivity contribution in [3.8, 4) is 11.5 Å². The molecule has 1 aliphatic heterocycles. The highest BCUT2D eigenvalue weighted by Gasteiger charge is 2.36. The number of aryl methyl sites for hydroxylation is 1. The fourth-order valence-electron chi connectivity index (χ4n) is 2.95. The minimum absolute atomic E-state index is 0.123. The molecule has 0 radical (unpaired) electrons. The summed E-state index contributed by atoms with van der Waals surface area (Å²) in [7, 11) is 3.10. The molecule has 27 heavy (non-hydrogen) atoms. The number of anilines is 2. The van der Waals surface area contributed by atoms with E-state index in [1.165, 1.54) is 18.4 Å². The Kier molecular flexibility index (Phi) is 5.90. The lowest BCUT2D eigenvalue weighted by Crippen LogP contribution is -2.28. The molecule has 1 aromatic heterocycles. The van der Waals surface area contributed by atoms with Gasteiger partial charge in [-0.1, -0.05) is 18.3 Å². The van der Waals surface area contributed by atoms with E-state index in [1.807, 2.05) is 0 Å². The molecule has 2 aromatic rings. The molecule has 0 bridgehead atoms. The van der Waals surface area contributed by atoms with Crippen molar-refractivity contribution >= 4 is 34.0 Å². The van der Waals surface area contributed by atoms with Gasteiger partial charge in [0, 0.05) is 25.5 Å². The van der Waals surface area contributed by atoms with Crippen LogP contribution >= 0.6 is 11.3 Å². The van der Waals surface area contributed by atoms with E-state index in [9.17, 15) is 9.59 Å². The number of benzene rings is 1. The SMILES string of the molecule is CCCc1nnc(NC(=O)[C@@H]2CC(=O)N(c3ccc(OC)cc3OC)C2)s1. The van der Waals surface area contributed by atoms with Crippen molar-refractivity contribution in [1.82, 2.24) is 10.2 Å². The van der Waals surface area contributed by atoms with Crippen LogP contribution in [0.1, 0.15) is 24.8 Å². The first-order valence-electron chi connectivity index (χ1n) is 8.71. The van der Waals surface area contributed by atoms with E-state index >= 15 is 0 Å². The van der Waals surface area contributed by atoms with Crippen molar-refractivity contribution < 1.29 is 19.1 Å². The zero-order valence-corrected chi connectivity index (χ0v) is 16.3. The molecule has 0 aliphatic carbocycles. The number of rotatable bonds is 7. The maximum atomic E-state index is 12.6. The number of nitrogens with zero attached hydrogens (tertiary/aromatic N) is 3. The van der Waals surface area contributed by atoms with E-state index in [0.29, 0.717) is 22.3 Å². The summed E-state index contributed by atoms with van der Waals surface area (Å²) in [4.78, 5) is 26.6. The summed E-state index contributed by atoms with van der Waals surface area (Å²) < 4.78 is 10.6. The van der Waals surface area contributed by atoms with Crippen LogP contribution < -0.4 is 19.7 Å². The van der Waals surface area contributed by atoms with Gasteiger partial charge in [0.15, 0.2) is 0 Å². The Balaban J connectivity index is 1.70. The van der Waals surface area contributed by atoms with Crippen LogP contribution in [0, 0.1) is 5.92 Å². The zero-order valence-electron chi connectivity index (χ0n) is 15.5. The number of hydrogen-bond donors (Lipinski definition) is 1. The Bertz CT molecular complexity index is 839. The van der Waals surface area contributed by atoms with Gasteiger partial charge in [-0.05, 0) is 18.6 Å². The highest BCUT2D eigenvalue weighted by atomic mass is 32.1. The third kappa shape index (κ3) is 4.19. The van der Waals surface area contributed by atoms with E-state index in [-0.39, 0.29) is 24.8 Å². The molecule has 1 aromatic carbocycles. The van der Waals surface area contributed by atoms with Gasteiger partial charge in [-0.15, -0.1) is 10.2 Å². The zero-order chi connectivity index (χ0) is 19.4. The van der Waals surface area contributed by atoms with Crippen molar-refractivity contribution in [3.63, 3.8) is 0 Å². The largest absolute Gasteiger partial charge is 0.497 e. The minimum atomic E-state index is -0.456. The molecule has 1 atom stereocenters. The van der Waals surface area contributed by atoms with E-state index in [2.05, 4.69) is 22.4 Å². The minimum Gasteiger partial charge on any atom is -0.497 e. The second kappa shape index (κ2) is 8.34. The summed E-state index contributed by atoms with van der Waals surface area (Å²) in [5.41, 5.74) is 0.625. The van der Waals surface area contributed by atoms with Gasteiger partial charge in [-0.2, -0.15) is 0 Å². The number of ether oxygens (including phenoxy) is 2. The summed E-state index contributed by atoms with van der Waals surface area (Å²) in [6.45, 7) is 2.35. The fourth-order valence-corrected chi connectivity index (χ4v) is 3.79. The molecule has 8 nitrogen and oxygen atoms in total. The van der Waals surface area contributed by atoms with E-state index in [0.717, 1.165) is 17.8 Å². The number of aromatic nitrogens is 2. The molecule has 0 unspecified atom stereocenters. The number of methoxy groups -OCH3 is 2. The van der Waals surface area contributed by atoms with E-state index in [4.69, 9.17) is 9.47 Å². The molecule has 0 saturated carbocycles.